The van der Waals surface area contributed by atoms with Crippen molar-refractivity contribution in [2.24, 2.45) is 5.41 Å². The Morgan fingerprint density at radius 2 is 2.05 bits per heavy atom. The number of hydrogen-bond acceptors (Lipinski definition) is 4. The van der Waals surface area contributed by atoms with Crippen LogP contribution in [-0.2, 0) is 4.79 Å². The van der Waals surface area contributed by atoms with E-state index in [2.05, 4.69) is 4.90 Å². The number of piperidine rings is 1. The zero-order valence-electron chi connectivity index (χ0n) is 10.8. The minimum Gasteiger partial charge on any atom is -0.495 e. The van der Waals surface area contributed by atoms with Crippen molar-refractivity contribution in [1.29, 1.82) is 5.26 Å². The Balaban J connectivity index is 2.16. The molecule has 5 heteroatoms. The Labute approximate surface area is 112 Å². The molecule has 0 atom stereocenters. The Morgan fingerprint density at radius 3 is 2.58 bits per heavy atom. The lowest BCUT2D eigenvalue weighted by molar-refractivity contribution is -0.146. The monoisotopic (exact) mass is 260 g/mol. The quantitative estimate of drug-likeness (QED) is 0.898. The molecule has 19 heavy (non-hydrogen) atoms. The first kappa shape index (κ1) is 13.2. The summed E-state index contributed by atoms with van der Waals surface area (Å²) in [5, 5.41) is 18.3. The van der Waals surface area contributed by atoms with Crippen molar-refractivity contribution < 1.29 is 14.6 Å². The van der Waals surface area contributed by atoms with Gasteiger partial charge in [-0.3, -0.25) is 4.79 Å². The molecule has 0 aromatic heterocycles. The fourth-order valence-corrected chi connectivity index (χ4v) is 2.39. The summed E-state index contributed by atoms with van der Waals surface area (Å²) in [5.41, 5.74) is -0.291. The zero-order valence-corrected chi connectivity index (χ0v) is 10.8. The average molecular weight is 260 g/mol. The van der Waals surface area contributed by atoms with E-state index in [0.29, 0.717) is 25.9 Å². The largest absolute Gasteiger partial charge is 0.495 e. The molecule has 0 aliphatic carbocycles. The van der Waals surface area contributed by atoms with Crippen LogP contribution in [0, 0.1) is 16.7 Å². The third kappa shape index (κ3) is 2.34. The van der Waals surface area contributed by atoms with Gasteiger partial charge in [0.15, 0.2) is 5.41 Å². The number of carbonyl (C=O) groups is 1. The minimum atomic E-state index is -1.24. The van der Waals surface area contributed by atoms with Gasteiger partial charge in [-0.1, -0.05) is 12.1 Å². The van der Waals surface area contributed by atoms with E-state index in [4.69, 9.17) is 10.00 Å². The van der Waals surface area contributed by atoms with Gasteiger partial charge in [0.1, 0.15) is 5.75 Å². The number of benzene rings is 1. The normalized spacial score (nSPS) is 17.6. The van der Waals surface area contributed by atoms with Crippen LogP contribution in [0.5, 0.6) is 5.75 Å². The van der Waals surface area contributed by atoms with Gasteiger partial charge in [0.05, 0.1) is 18.9 Å². The van der Waals surface area contributed by atoms with Crippen LogP contribution in [0.25, 0.3) is 0 Å². The van der Waals surface area contributed by atoms with E-state index >= 15 is 0 Å². The third-order valence-electron chi connectivity index (χ3n) is 3.67. The Morgan fingerprint density at radius 1 is 1.42 bits per heavy atom. The first-order valence-corrected chi connectivity index (χ1v) is 6.15. The molecule has 1 aromatic carbocycles. The predicted octanol–water partition coefficient (Wildman–Crippen LogP) is 1.89. The molecule has 1 aliphatic heterocycles. The fraction of sp³-hybridized carbons (Fsp3) is 0.429. The molecular weight excluding hydrogens is 244 g/mol. The maximum atomic E-state index is 11.2. The molecule has 0 spiro atoms. The highest BCUT2D eigenvalue weighted by atomic mass is 16.5. The van der Waals surface area contributed by atoms with Crippen LogP contribution < -0.4 is 9.64 Å². The lowest BCUT2D eigenvalue weighted by atomic mass is 9.80. The van der Waals surface area contributed by atoms with Crippen molar-refractivity contribution in [1.82, 2.24) is 0 Å². The van der Waals surface area contributed by atoms with E-state index in [9.17, 15) is 9.90 Å². The summed E-state index contributed by atoms with van der Waals surface area (Å²) in [7, 11) is 1.61. The van der Waals surface area contributed by atoms with E-state index in [1.807, 2.05) is 30.3 Å². The Kier molecular flexibility index (Phi) is 3.61. The number of ether oxygens (including phenoxy) is 1. The van der Waals surface area contributed by atoms with Gasteiger partial charge in [0.25, 0.3) is 0 Å². The van der Waals surface area contributed by atoms with Gasteiger partial charge in [0.2, 0.25) is 0 Å². The van der Waals surface area contributed by atoms with Crippen LogP contribution >= 0.6 is 0 Å². The second-order valence-corrected chi connectivity index (χ2v) is 4.66. The number of hydrogen-bond donors (Lipinski definition) is 1. The summed E-state index contributed by atoms with van der Waals surface area (Å²) in [6.07, 6.45) is 0.660. The smallest absolute Gasteiger partial charge is 0.324 e. The van der Waals surface area contributed by atoms with Gasteiger partial charge in [-0.05, 0) is 25.0 Å². The maximum absolute atomic E-state index is 11.2. The summed E-state index contributed by atoms with van der Waals surface area (Å²) in [4.78, 5) is 13.3. The van der Waals surface area contributed by atoms with Gasteiger partial charge in [-0.2, -0.15) is 5.26 Å². The number of carboxylic acid groups (broad SMARTS) is 1. The summed E-state index contributed by atoms with van der Waals surface area (Å²) in [6.45, 7) is 1.08. The van der Waals surface area contributed by atoms with Gasteiger partial charge >= 0.3 is 5.97 Å². The molecule has 0 radical (unpaired) electrons. The number of aliphatic carboxylic acids is 1. The van der Waals surface area contributed by atoms with Crippen molar-refractivity contribution in [2.75, 3.05) is 25.1 Å². The molecule has 5 nitrogen and oxygen atoms in total. The van der Waals surface area contributed by atoms with Crippen molar-refractivity contribution >= 4 is 11.7 Å². The molecule has 1 heterocycles. The van der Waals surface area contributed by atoms with Crippen molar-refractivity contribution in [3.8, 4) is 11.8 Å². The molecular formula is C14H16N2O3. The van der Waals surface area contributed by atoms with Gasteiger partial charge in [0, 0.05) is 13.1 Å². The number of nitriles is 1. The molecule has 1 aliphatic rings. The first-order valence-electron chi connectivity index (χ1n) is 6.15. The molecule has 0 unspecified atom stereocenters. The average Bonchev–Trinajstić information content (AvgIpc) is 2.47. The highest BCUT2D eigenvalue weighted by Crippen LogP contribution is 2.36. The second kappa shape index (κ2) is 5.19. The fourth-order valence-electron chi connectivity index (χ4n) is 2.39. The van der Waals surface area contributed by atoms with Crippen molar-refractivity contribution in [2.45, 2.75) is 12.8 Å². The molecule has 2 rings (SSSR count). The van der Waals surface area contributed by atoms with Crippen LogP contribution in [0.3, 0.4) is 0 Å². The van der Waals surface area contributed by atoms with Crippen molar-refractivity contribution in [3.63, 3.8) is 0 Å². The van der Waals surface area contributed by atoms with E-state index in [1.54, 1.807) is 7.11 Å². The highest BCUT2D eigenvalue weighted by Gasteiger charge is 2.42. The SMILES string of the molecule is COc1ccccc1N1CCC(C#N)(C(=O)O)CC1. The molecule has 0 amide bonds. The van der Waals surface area contributed by atoms with Gasteiger partial charge in [-0.15, -0.1) is 0 Å². The van der Waals surface area contributed by atoms with Crippen molar-refractivity contribution in [3.05, 3.63) is 24.3 Å². The second-order valence-electron chi connectivity index (χ2n) is 4.66. The highest BCUT2D eigenvalue weighted by molar-refractivity contribution is 5.78. The van der Waals surface area contributed by atoms with Crippen LogP contribution in [-0.4, -0.2) is 31.3 Å². The van der Waals surface area contributed by atoms with E-state index < -0.39 is 11.4 Å². The maximum Gasteiger partial charge on any atom is 0.324 e. The van der Waals surface area contributed by atoms with Crippen LogP contribution in [0.4, 0.5) is 5.69 Å². The topological polar surface area (TPSA) is 73.6 Å². The number of para-hydroxylation sites is 2. The van der Waals surface area contributed by atoms with Crippen LogP contribution in [0.1, 0.15) is 12.8 Å². The van der Waals surface area contributed by atoms with Crippen LogP contribution in [0.15, 0.2) is 24.3 Å². The van der Waals surface area contributed by atoms with Gasteiger partial charge < -0.3 is 14.7 Å². The summed E-state index contributed by atoms with van der Waals surface area (Å²) in [5.74, 6) is -0.253. The third-order valence-corrected chi connectivity index (χ3v) is 3.67. The Hall–Kier alpha value is -2.22. The lowest BCUT2D eigenvalue weighted by Gasteiger charge is -2.36. The standard InChI is InChI=1S/C14H16N2O3/c1-19-12-5-3-2-4-11(12)16-8-6-14(10-15,7-9-16)13(17)18/h2-5H,6-9H2,1H3,(H,17,18). The zero-order chi connectivity index (χ0) is 13.9. The van der Waals surface area contributed by atoms with E-state index in [-0.39, 0.29) is 0 Å². The number of anilines is 1. The molecule has 0 bridgehead atoms. The Bertz CT molecular complexity index is 514. The molecule has 1 fully saturated rings. The van der Waals surface area contributed by atoms with E-state index in [0.717, 1.165) is 11.4 Å². The summed E-state index contributed by atoms with van der Waals surface area (Å²) < 4.78 is 5.30. The molecule has 1 saturated heterocycles. The number of nitrogens with zero attached hydrogens (tertiary/aromatic N) is 2. The number of carboxylic acids is 1. The minimum absolute atomic E-state index is 0.330. The predicted molar refractivity (Wildman–Crippen MR) is 70.1 cm³/mol. The molecule has 1 aromatic rings. The lowest BCUT2D eigenvalue weighted by Crippen LogP contribution is -2.43. The van der Waals surface area contributed by atoms with Gasteiger partial charge in [-0.25, -0.2) is 0 Å². The number of rotatable bonds is 3. The first-order chi connectivity index (χ1) is 9.13. The van der Waals surface area contributed by atoms with E-state index in [1.165, 1.54) is 0 Å². The molecule has 0 saturated carbocycles. The summed E-state index contributed by atoms with van der Waals surface area (Å²) >= 11 is 0. The number of methoxy groups -OCH3 is 1. The molecule has 100 valence electrons. The van der Waals surface area contributed by atoms with Crippen LogP contribution in [0.2, 0.25) is 0 Å². The molecule has 1 N–H and O–H groups in total. The summed E-state index contributed by atoms with van der Waals surface area (Å²) in [6, 6.07) is 9.59.